The molecule has 0 saturated carbocycles. The van der Waals surface area contributed by atoms with Crippen molar-refractivity contribution in [1.82, 2.24) is 4.98 Å². The molecule has 0 bridgehead atoms. The average Bonchev–Trinajstić information content (AvgIpc) is 2.83. The van der Waals surface area contributed by atoms with Gasteiger partial charge in [-0.05, 0) is 37.6 Å². The molecular formula is C15H16N2O2S. The minimum atomic E-state index is -0.209. The van der Waals surface area contributed by atoms with Gasteiger partial charge in [-0.3, -0.25) is 4.79 Å². The van der Waals surface area contributed by atoms with Crippen molar-refractivity contribution in [2.45, 2.75) is 13.8 Å². The summed E-state index contributed by atoms with van der Waals surface area (Å²) in [7, 11) is 1.58. The number of ether oxygens (including phenoxy) is 1. The van der Waals surface area contributed by atoms with Crippen LogP contribution in [0.2, 0.25) is 0 Å². The van der Waals surface area contributed by atoms with E-state index in [0.717, 1.165) is 16.3 Å². The maximum absolute atomic E-state index is 11.9. The van der Waals surface area contributed by atoms with Gasteiger partial charge in [-0.25, -0.2) is 4.98 Å². The number of amides is 1. The predicted molar refractivity (Wildman–Crippen MR) is 82.2 cm³/mol. The van der Waals surface area contributed by atoms with Crippen LogP contribution in [-0.2, 0) is 4.79 Å². The second-order valence-corrected chi connectivity index (χ2v) is 5.38. The summed E-state index contributed by atoms with van der Waals surface area (Å²) in [6.07, 6.45) is 3.16. The van der Waals surface area contributed by atoms with Crippen LogP contribution in [0.4, 0.5) is 5.69 Å². The van der Waals surface area contributed by atoms with E-state index in [1.807, 2.05) is 37.4 Å². The number of hydrogen-bond acceptors (Lipinski definition) is 4. The molecule has 1 N–H and O–H groups in total. The smallest absolute Gasteiger partial charge is 0.248 e. The van der Waals surface area contributed by atoms with Gasteiger partial charge in [0.1, 0.15) is 5.75 Å². The lowest BCUT2D eigenvalue weighted by atomic mass is 10.2. The van der Waals surface area contributed by atoms with Crippen molar-refractivity contribution in [2.75, 3.05) is 12.4 Å². The zero-order valence-electron chi connectivity index (χ0n) is 11.6. The molecule has 0 radical (unpaired) electrons. The van der Waals surface area contributed by atoms with Crippen molar-refractivity contribution in [2.24, 2.45) is 0 Å². The molecule has 0 unspecified atom stereocenters. The van der Waals surface area contributed by atoms with E-state index in [1.165, 1.54) is 6.08 Å². The molecular weight excluding hydrogens is 272 g/mol. The summed E-state index contributed by atoms with van der Waals surface area (Å²) in [6.45, 7) is 3.89. The summed E-state index contributed by atoms with van der Waals surface area (Å²) in [5.41, 5.74) is 2.51. The second kappa shape index (κ2) is 6.34. The van der Waals surface area contributed by atoms with Gasteiger partial charge in [0.15, 0.2) is 0 Å². The van der Waals surface area contributed by atoms with Gasteiger partial charge in [-0.1, -0.05) is 6.07 Å². The van der Waals surface area contributed by atoms with E-state index in [0.29, 0.717) is 11.4 Å². The normalized spacial score (nSPS) is 10.8. The molecule has 4 nitrogen and oxygen atoms in total. The number of anilines is 1. The Hall–Kier alpha value is -2.14. The van der Waals surface area contributed by atoms with E-state index in [9.17, 15) is 4.79 Å². The molecule has 0 aliphatic rings. The van der Waals surface area contributed by atoms with Crippen LogP contribution >= 0.6 is 11.3 Å². The van der Waals surface area contributed by atoms with Gasteiger partial charge in [0.05, 0.1) is 23.5 Å². The van der Waals surface area contributed by atoms with Crippen molar-refractivity contribution in [3.63, 3.8) is 0 Å². The van der Waals surface area contributed by atoms with E-state index in [2.05, 4.69) is 10.3 Å². The van der Waals surface area contributed by atoms with Crippen molar-refractivity contribution in [3.8, 4) is 5.75 Å². The highest BCUT2D eigenvalue weighted by Crippen LogP contribution is 2.25. The minimum Gasteiger partial charge on any atom is -0.495 e. The molecule has 104 valence electrons. The number of methoxy groups -OCH3 is 1. The number of thiazole rings is 1. The molecule has 1 heterocycles. The number of nitrogens with zero attached hydrogens (tertiary/aromatic N) is 1. The van der Waals surface area contributed by atoms with Crippen LogP contribution in [0.5, 0.6) is 5.75 Å². The fourth-order valence-corrected chi connectivity index (χ4v) is 2.29. The van der Waals surface area contributed by atoms with Gasteiger partial charge in [0.25, 0.3) is 0 Å². The third-order valence-corrected chi connectivity index (χ3v) is 3.45. The first kappa shape index (κ1) is 14.3. The molecule has 0 aliphatic heterocycles. The highest BCUT2D eigenvalue weighted by Gasteiger charge is 2.05. The Morgan fingerprint density at radius 3 is 2.85 bits per heavy atom. The highest BCUT2D eigenvalue weighted by atomic mass is 32.1. The lowest BCUT2D eigenvalue weighted by Crippen LogP contribution is -2.09. The fraction of sp³-hybridized carbons (Fsp3) is 0.200. The topological polar surface area (TPSA) is 51.2 Å². The molecule has 20 heavy (non-hydrogen) atoms. The quantitative estimate of drug-likeness (QED) is 0.877. The van der Waals surface area contributed by atoms with Crippen molar-refractivity contribution < 1.29 is 9.53 Å². The van der Waals surface area contributed by atoms with Crippen LogP contribution in [0, 0.1) is 13.8 Å². The Balaban J connectivity index is 2.08. The molecule has 2 aromatic rings. The zero-order valence-corrected chi connectivity index (χ0v) is 12.5. The number of rotatable bonds is 4. The Labute approximate surface area is 122 Å². The van der Waals surface area contributed by atoms with Crippen LogP contribution in [-0.4, -0.2) is 18.0 Å². The monoisotopic (exact) mass is 288 g/mol. The number of carbonyl (C=O) groups is 1. The third kappa shape index (κ3) is 3.68. The molecule has 0 atom stereocenters. The number of nitrogens with one attached hydrogen (secondary N) is 1. The predicted octanol–water partition coefficient (Wildman–Crippen LogP) is 3.42. The fourth-order valence-electron chi connectivity index (χ4n) is 1.71. The molecule has 5 heteroatoms. The van der Waals surface area contributed by atoms with Gasteiger partial charge in [0.2, 0.25) is 5.91 Å². The van der Waals surface area contributed by atoms with Gasteiger partial charge in [-0.15, -0.1) is 11.3 Å². The molecule has 0 saturated heterocycles. The molecule has 0 aliphatic carbocycles. The number of carbonyl (C=O) groups excluding carboxylic acids is 1. The largest absolute Gasteiger partial charge is 0.495 e. The second-order valence-electron chi connectivity index (χ2n) is 4.32. The summed E-state index contributed by atoms with van der Waals surface area (Å²) in [5.74, 6) is 0.432. The SMILES string of the molecule is COc1ccc(C)cc1NC(=O)/C=C/c1csc(C)n1. The van der Waals surface area contributed by atoms with E-state index < -0.39 is 0 Å². The van der Waals surface area contributed by atoms with E-state index in [-0.39, 0.29) is 5.91 Å². The van der Waals surface area contributed by atoms with Crippen LogP contribution < -0.4 is 10.1 Å². The number of aromatic nitrogens is 1. The molecule has 2 rings (SSSR count). The summed E-state index contributed by atoms with van der Waals surface area (Å²) < 4.78 is 5.22. The zero-order chi connectivity index (χ0) is 14.5. The number of hydrogen-bond donors (Lipinski definition) is 1. The Kier molecular flexibility index (Phi) is 4.53. The van der Waals surface area contributed by atoms with Gasteiger partial charge >= 0.3 is 0 Å². The Morgan fingerprint density at radius 2 is 2.20 bits per heavy atom. The molecule has 1 aromatic heterocycles. The summed E-state index contributed by atoms with van der Waals surface area (Å²) >= 11 is 1.55. The first-order chi connectivity index (χ1) is 9.58. The van der Waals surface area contributed by atoms with Crippen LogP contribution in [0.15, 0.2) is 29.7 Å². The molecule has 1 aromatic carbocycles. The van der Waals surface area contributed by atoms with E-state index >= 15 is 0 Å². The molecule has 1 amide bonds. The van der Waals surface area contributed by atoms with Gasteiger partial charge < -0.3 is 10.1 Å². The molecule has 0 fully saturated rings. The maximum Gasteiger partial charge on any atom is 0.248 e. The van der Waals surface area contributed by atoms with E-state index in [1.54, 1.807) is 24.5 Å². The standard InChI is InChI=1S/C15H16N2O2S/c1-10-4-6-14(19-3)13(8-10)17-15(18)7-5-12-9-20-11(2)16-12/h4-9H,1-3H3,(H,17,18)/b7-5+. The Bertz CT molecular complexity index is 647. The lowest BCUT2D eigenvalue weighted by molar-refractivity contribution is -0.111. The number of aryl methyl sites for hydroxylation is 2. The first-order valence-electron chi connectivity index (χ1n) is 6.14. The summed E-state index contributed by atoms with van der Waals surface area (Å²) in [6, 6.07) is 5.64. The van der Waals surface area contributed by atoms with Crippen LogP contribution in [0.3, 0.4) is 0 Å². The molecule has 0 spiro atoms. The average molecular weight is 288 g/mol. The number of benzene rings is 1. The van der Waals surface area contributed by atoms with Crippen molar-refractivity contribution in [3.05, 3.63) is 45.9 Å². The maximum atomic E-state index is 11.9. The summed E-state index contributed by atoms with van der Waals surface area (Å²) in [4.78, 5) is 16.2. The first-order valence-corrected chi connectivity index (χ1v) is 7.02. The third-order valence-electron chi connectivity index (χ3n) is 2.66. The van der Waals surface area contributed by atoms with Crippen molar-refractivity contribution in [1.29, 1.82) is 0 Å². The lowest BCUT2D eigenvalue weighted by Gasteiger charge is -2.09. The van der Waals surface area contributed by atoms with Crippen LogP contribution in [0.25, 0.3) is 6.08 Å². The van der Waals surface area contributed by atoms with Crippen LogP contribution in [0.1, 0.15) is 16.3 Å². The summed E-state index contributed by atoms with van der Waals surface area (Å²) in [5, 5.41) is 5.69. The van der Waals surface area contributed by atoms with Gasteiger partial charge in [0, 0.05) is 11.5 Å². The Morgan fingerprint density at radius 1 is 1.40 bits per heavy atom. The minimum absolute atomic E-state index is 0.209. The van der Waals surface area contributed by atoms with Gasteiger partial charge in [-0.2, -0.15) is 0 Å². The highest BCUT2D eigenvalue weighted by molar-refractivity contribution is 7.09. The van der Waals surface area contributed by atoms with Crippen molar-refractivity contribution >= 4 is 29.0 Å². The van der Waals surface area contributed by atoms with E-state index in [4.69, 9.17) is 4.74 Å².